The van der Waals surface area contributed by atoms with Gasteiger partial charge in [-0.15, -0.1) is 0 Å². The van der Waals surface area contributed by atoms with Crippen molar-refractivity contribution in [2.45, 2.75) is 6.92 Å². The van der Waals surface area contributed by atoms with Crippen molar-refractivity contribution >= 4 is 63.2 Å². The summed E-state index contributed by atoms with van der Waals surface area (Å²) in [6.45, 7) is 1.26. The zero-order valence-electron chi connectivity index (χ0n) is 15.4. The molecule has 2 heterocycles. The number of nitrogens with one attached hydrogen (secondary N) is 1. The van der Waals surface area contributed by atoms with Gasteiger partial charge in [0.05, 0.1) is 21.7 Å². The van der Waals surface area contributed by atoms with E-state index >= 15 is 0 Å². The molecule has 150 valence electrons. The lowest BCUT2D eigenvalue weighted by Gasteiger charge is -2.16. The van der Waals surface area contributed by atoms with E-state index in [0.717, 1.165) is 21.7 Å². The number of thiocarbonyl (C=S) groups is 1. The Labute approximate surface area is 180 Å². The predicted molar refractivity (Wildman–Crippen MR) is 114 cm³/mol. The van der Waals surface area contributed by atoms with Gasteiger partial charge in [-0.05, 0) is 30.4 Å². The van der Waals surface area contributed by atoms with Gasteiger partial charge in [0.2, 0.25) is 5.91 Å². The summed E-state index contributed by atoms with van der Waals surface area (Å²) in [4.78, 5) is 51.4. The molecule has 0 unspecified atom stereocenters. The van der Waals surface area contributed by atoms with Crippen LogP contribution in [0.15, 0.2) is 53.4 Å². The fraction of sp³-hybridized carbons (Fsp3) is 0.0500. The number of hydrogen-bond donors (Lipinski definition) is 2. The fourth-order valence-corrected chi connectivity index (χ4v) is 4.44. The van der Waals surface area contributed by atoms with Crippen LogP contribution in [0, 0.1) is 0 Å². The van der Waals surface area contributed by atoms with Crippen molar-refractivity contribution in [2.75, 3.05) is 4.90 Å². The number of carbonyl (C=O) groups excluding carboxylic acids is 4. The van der Waals surface area contributed by atoms with Gasteiger partial charge in [0.1, 0.15) is 5.75 Å². The topological polar surface area (TPSA) is 107 Å². The number of anilines is 1. The van der Waals surface area contributed by atoms with Crippen molar-refractivity contribution in [1.29, 1.82) is 0 Å². The molecule has 2 aromatic carbocycles. The molecule has 0 aromatic heterocycles. The standard InChI is InChI=1S/C20H13N3O5S2/c1-10(24)22-13-8-4-2-6-11(13)15(18(22)27)16-19(28)23(20(29)30-16)21-17(26)12-7-3-5-9-14(12)25/h2-9,25H,1H3,(H,21,26). The Bertz CT molecular complexity index is 1190. The Morgan fingerprint density at radius 3 is 2.40 bits per heavy atom. The summed E-state index contributed by atoms with van der Waals surface area (Å²) < 4.78 is 0.0119. The van der Waals surface area contributed by atoms with Crippen molar-refractivity contribution in [2.24, 2.45) is 0 Å². The quantitative estimate of drug-likeness (QED) is 0.546. The normalized spacial score (nSPS) is 18.1. The molecule has 10 heteroatoms. The number of phenolic OH excluding ortho intramolecular Hbond substituents is 1. The minimum absolute atomic E-state index is 0.0119. The molecule has 2 aliphatic heterocycles. The Kier molecular flexibility index (Phi) is 4.88. The lowest BCUT2D eigenvalue weighted by atomic mass is 10.1. The fourth-order valence-electron chi connectivity index (χ4n) is 3.19. The van der Waals surface area contributed by atoms with E-state index in [2.05, 4.69) is 5.43 Å². The molecule has 2 aliphatic rings. The number of imide groups is 1. The maximum absolute atomic E-state index is 13.0. The van der Waals surface area contributed by atoms with E-state index in [1.165, 1.54) is 19.1 Å². The Balaban J connectivity index is 1.71. The van der Waals surface area contributed by atoms with Gasteiger partial charge in [0.15, 0.2) is 4.32 Å². The van der Waals surface area contributed by atoms with Crippen molar-refractivity contribution in [1.82, 2.24) is 10.4 Å². The molecular formula is C20H13N3O5S2. The molecule has 4 amide bonds. The van der Waals surface area contributed by atoms with Crippen LogP contribution in [0.3, 0.4) is 0 Å². The summed E-state index contributed by atoms with van der Waals surface area (Å²) in [6, 6.07) is 12.5. The third kappa shape index (κ3) is 3.06. The van der Waals surface area contributed by atoms with Crippen molar-refractivity contribution in [3.05, 3.63) is 64.6 Å². The van der Waals surface area contributed by atoms with E-state index in [4.69, 9.17) is 12.2 Å². The number of aromatic hydroxyl groups is 1. The number of thioether (sulfide) groups is 1. The van der Waals surface area contributed by atoms with Crippen LogP contribution < -0.4 is 10.3 Å². The number of phenols is 1. The highest BCUT2D eigenvalue weighted by molar-refractivity contribution is 8.26. The van der Waals surface area contributed by atoms with E-state index in [0.29, 0.717) is 11.3 Å². The molecule has 2 N–H and O–H groups in total. The summed E-state index contributed by atoms with van der Waals surface area (Å²) in [7, 11) is 0. The third-order valence-corrected chi connectivity index (χ3v) is 5.88. The molecular weight excluding hydrogens is 426 g/mol. The zero-order chi connectivity index (χ0) is 21.6. The highest BCUT2D eigenvalue weighted by Crippen LogP contribution is 2.44. The molecule has 30 heavy (non-hydrogen) atoms. The average molecular weight is 439 g/mol. The maximum atomic E-state index is 13.0. The number of amides is 4. The van der Waals surface area contributed by atoms with E-state index in [-0.39, 0.29) is 26.1 Å². The Hall–Kier alpha value is -3.50. The van der Waals surface area contributed by atoms with Crippen molar-refractivity contribution in [3.63, 3.8) is 0 Å². The van der Waals surface area contributed by atoms with E-state index in [1.807, 2.05) is 0 Å². The van der Waals surface area contributed by atoms with Gasteiger partial charge in [-0.3, -0.25) is 24.6 Å². The van der Waals surface area contributed by atoms with Crippen LogP contribution in [0.25, 0.3) is 5.57 Å². The molecule has 0 spiro atoms. The predicted octanol–water partition coefficient (Wildman–Crippen LogP) is 2.20. The first-order valence-electron chi connectivity index (χ1n) is 8.65. The van der Waals surface area contributed by atoms with Gasteiger partial charge in [0.25, 0.3) is 17.7 Å². The third-order valence-electron chi connectivity index (χ3n) is 4.50. The van der Waals surface area contributed by atoms with Crippen molar-refractivity contribution in [3.8, 4) is 5.75 Å². The second-order valence-corrected chi connectivity index (χ2v) is 7.99. The molecule has 8 nitrogen and oxygen atoms in total. The highest BCUT2D eigenvalue weighted by atomic mass is 32.2. The number of benzene rings is 2. The van der Waals surface area contributed by atoms with Crippen LogP contribution in [0.4, 0.5) is 5.69 Å². The Morgan fingerprint density at radius 2 is 1.70 bits per heavy atom. The van der Waals surface area contributed by atoms with Crippen LogP contribution in [0.2, 0.25) is 0 Å². The summed E-state index contributed by atoms with van der Waals surface area (Å²) >= 11 is 6.07. The molecule has 1 saturated heterocycles. The molecule has 0 aliphatic carbocycles. The van der Waals surface area contributed by atoms with Gasteiger partial charge in [-0.1, -0.05) is 42.1 Å². The van der Waals surface area contributed by atoms with E-state index < -0.39 is 23.6 Å². The van der Waals surface area contributed by atoms with Crippen molar-refractivity contribution < 1.29 is 24.3 Å². The molecule has 0 radical (unpaired) electrons. The van der Waals surface area contributed by atoms with E-state index in [1.54, 1.807) is 36.4 Å². The number of fused-ring (bicyclic) bond motifs is 1. The minimum Gasteiger partial charge on any atom is -0.507 e. The smallest absolute Gasteiger partial charge is 0.286 e. The van der Waals surface area contributed by atoms with Crippen LogP contribution in [-0.2, 0) is 14.4 Å². The van der Waals surface area contributed by atoms with Gasteiger partial charge in [-0.25, -0.2) is 4.90 Å². The summed E-state index contributed by atoms with van der Waals surface area (Å²) in [5.41, 5.74) is 3.19. The lowest BCUT2D eigenvalue weighted by Crippen LogP contribution is -2.45. The Morgan fingerprint density at radius 1 is 1.03 bits per heavy atom. The largest absolute Gasteiger partial charge is 0.507 e. The van der Waals surface area contributed by atoms with Crippen LogP contribution in [0.1, 0.15) is 22.8 Å². The molecule has 1 fully saturated rings. The summed E-state index contributed by atoms with van der Waals surface area (Å²) in [5, 5.41) is 10.7. The number of rotatable bonds is 2. The molecule has 0 atom stereocenters. The van der Waals surface area contributed by atoms with E-state index in [9.17, 15) is 24.3 Å². The molecule has 2 aromatic rings. The number of hydrogen-bond acceptors (Lipinski definition) is 7. The number of para-hydroxylation sites is 2. The number of nitrogens with zero attached hydrogens (tertiary/aromatic N) is 2. The number of hydrazine groups is 1. The average Bonchev–Trinajstić information content (AvgIpc) is 3.15. The monoisotopic (exact) mass is 439 g/mol. The summed E-state index contributed by atoms with van der Waals surface area (Å²) in [6.07, 6.45) is 0. The summed E-state index contributed by atoms with van der Waals surface area (Å²) in [5.74, 6) is -2.80. The SMILES string of the molecule is CC(=O)N1C(=O)C(=C2SC(=S)N(NC(=O)c3ccccc3O)C2=O)c2ccccc21. The highest BCUT2D eigenvalue weighted by Gasteiger charge is 2.43. The first-order valence-corrected chi connectivity index (χ1v) is 9.87. The number of carbonyl (C=O) groups is 4. The first-order chi connectivity index (χ1) is 14.3. The second kappa shape index (κ2) is 7.39. The molecule has 0 bridgehead atoms. The van der Waals surface area contributed by atoms with Gasteiger partial charge < -0.3 is 5.11 Å². The van der Waals surface area contributed by atoms with Crippen LogP contribution in [-0.4, -0.2) is 38.1 Å². The zero-order valence-corrected chi connectivity index (χ0v) is 17.0. The van der Waals surface area contributed by atoms with Crippen LogP contribution in [0.5, 0.6) is 5.75 Å². The minimum atomic E-state index is -0.737. The molecule has 4 rings (SSSR count). The second-order valence-electron chi connectivity index (χ2n) is 6.35. The van der Waals surface area contributed by atoms with Gasteiger partial charge >= 0.3 is 0 Å². The lowest BCUT2D eigenvalue weighted by molar-refractivity contribution is -0.125. The molecule has 0 saturated carbocycles. The maximum Gasteiger partial charge on any atom is 0.286 e. The van der Waals surface area contributed by atoms with Crippen LogP contribution >= 0.6 is 24.0 Å². The van der Waals surface area contributed by atoms with Gasteiger partial charge in [0, 0.05) is 12.5 Å². The van der Waals surface area contributed by atoms with Gasteiger partial charge in [-0.2, -0.15) is 5.01 Å². The first kappa shape index (κ1) is 19.8.